The Bertz CT molecular complexity index is 422. The number of methoxy groups -OCH3 is 3. The molecule has 1 aliphatic rings. The minimum absolute atomic E-state index is 0.0198. The first-order valence-corrected chi connectivity index (χ1v) is 6.96. The smallest absolute Gasteiger partial charge is 0.131 e. The Labute approximate surface area is 120 Å². The van der Waals surface area contributed by atoms with Gasteiger partial charge >= 0.3 is 0 Å². The van der Waals surface area contributed by atoms with Crippen LogP contribution >= 0.6 is 0 Å². The molecular formula is C15H24N2O3. The number of hydrogen-bond donors (Lipinski definition) is 2. The van der Waals surface area contributed by atoms with Gasteiger partial charge in [0.25, 0.3) is 0 Å². The molecule has 1 aliphatic carbocycles. The van der Waals surface area contributed by atoms with Crippen LogP contribution in [0.4, 0.5) is 0 Å². The lowest BCUT2D eigenvalue weighted by Crippen LogP contribution is -2.30. The number of rotatable bonds is 8. The Morgan fingerprint density at radius 3 is 2.15 bits per heavy atom. The van der Waals surface area contributed by atoms with Crippen molar-refractivity contribution < 1.29 is 14.2 Å². The van der Waals surface area contributed by atoms with Crippen molar-refractivity contribution in [3.05, 3.63) is 17.7 Å². The van der Waals surface area contributed by atoms with E-state index >= 15 is 0 Å². The molecule has 0 radical (unpaired) electrons. The number of ether oxygens (including phenoxy) is 3. The van der Waals surface area contributed by atoms with Crippen LogP contribution in [0.2, 0.25) is 0 Å². The third kappa shape index (κ3) is 3.35. The molecule has 1 saturated carbocycles. The van der Waals surface area contributed by atoms with Crippen LogP contribution in [0.15, 0.2) is 12.1 Å². The largest absolute Gasteiger partial charge is 0.496 e. The van der Waals surface area contributed by atoms with E-state index in [0.717, 1.165) is 29.5 Å². The summed E-state index contributed by atoms with van der Waals surface area (Å²) < 4.78 is 16.2. The van der Waals surface area contributed by atoms with E-state index in [1.165, 1.54) is 12.8 Å². The average Bonchev–Trinajstić information content (AvgIpc) is 3.31. The Morgan fingerprint density at radius 2 is 1.75 bits per heavy atom. The summed E-state index contributed by atoms with van der Waals surface area (Å²) in [5.74, 6) is 2.97. The second kappa shape index (κ2) is 6.81. The molecule has 5 nitrogen and oxygen atoms in total. The molecule has 0 saturated heterocycles. The van der Waals surface area contributed by atoms with E-state index in [0.29, 0.717) is 12.3 Å². The highest BCUT2D eigenvalue weighted by molar-refractivity contribution is 5.52. The fourth-order valence-electron chi connectivity index (χ4n) is 2.31. The Balaban J connectivity index is 2.29. The van der Waals surface area contributed by atoms with Crippen molar-refractivity contribution in [2.75, 3.05) is 34.4 Å². The van der Waals surface area contributed by atoms with E-state index in [4.69, 9.17) is 19.9 Å². The van der Waals surface area contributed by atoms with Gasteiger partial charge in [0, 0.05) is 18.7 Å². The van der Waals surface area contributed by atoms with E-state index in [1.807, 2.05) is 12.1 Å². The van der Waals surface area contributed by atoms with Crippen LogP contribution in [0.5, 0.6) is 17.2 Å². The Hall–Kier alpha value is -1.46. The first-order chi connectivity index (χ1) is 9.73. The first kappa shape index (κ1) is 14.9. The van der Waals surface area contributed by atoms with Crippen molar-refractivity contribution in [3.63, 3.8) is 0 Å². The Kier molecular flexibility index (Phi) is 5.09. The fraction of sp³-hybridized carbons (Fsp3) is 0.600. The highest BCUT2D eigenvalue weighted by Crippen LogP contribution is 2.38. The highest BCUT2D eigenvalue weighted by Gasteiger charge is 2.25. The van der Waals surface area contributed by atoms with E-state index in [2.05, 4.69) is 5.32 Å². The number of nitrogens with one attached hydrogen (secondary N) is 1. The quantitative estimate of drug-likeness (QED) is 0.759. The van der Waals surface area contributed by atoms with Crippen molar-refractivity contribution in [2.45, 2.75) is 18.9 Å². The fourth-order valence-corrected chi connectivity index (χ4v) is 2.31. The lowest BCUT2D eigenvalue weighted by Gasteiger charge is -2.23. The summed E-state index contributed by atoms with van der Waals surface area (Å²) in [6.07, 6.45) is 2.61. The molecule has 0 amide bonds. The van der Waals surface area contributed by atoms with Crippen LogP contribution in [0.3, 0.4) is 0 Å². The monoisotopic (exact) mass is 280 g/mol. The molecule has 0 aromatic heterocycles. The second-order valence-electron chi connectivity index (χ2n) is 5.09. The molecule has 1 fully saturated rings. The summed E-state index contributed by atoms with van der Waals surface area (Å²) in [6, 6.07) is 3.74. The summed E-state index contributed by atoms with van der Waals surface area (Å²) in [5, 5.41) is 3.51. The summed E-state index contributed by atoms with van der Waals surface area (Å²) in [7, 11) is 4.91. The van der Waals surface area contributed by atoms with Gasteiger partial charge in [-0.15, -0.1) is 0 Å². The predicted molar refractivity (Wildman–Crippen MR) is 78.6 cm³/mol. The number of nitrogens with two attached hydrogens (primary N) is 1. The van der Waals surface area contributed by atoms with Gasteiger partial charge in [0.1, 0.15) is 17.2 Å². The van der Waals surface area contributed by atoms with Crippen LogP contribution in [-0.4, -0.2) is 34.4 Å². The van der Waals surface area contributed by atoms with Crippen molar-refractivity contribution in [3.8, 4) is 17.2 Å². The molecule has 3 N–H and O–H groups in total. The number of hydrogen-bond acceptors (Lipinski definition) is 5. The average molecular weight is 280 g/mol. The van der Waals surface area contributed by atoms with Crippen LogP contribution in [0, 0.1) is 5.92 Å². The number of benzene rings is 1. The van der Waals surface area contributed by atoms with Crippen LogP contribution < -0.4 is 25.3 Å². The predicted octanol–water partition coefficient (Wildman–Crippen LogP) is 1.71. The zero-order valence-electron chi connectivity index (χ0n) is 12.4. The van der Waals surface area contributed by atoms with Gasteiger partial charge in [0.2, 0.25) is 0 Å². The summed E-state index contributed by atoms with van der Waals surface area (Å²) in [5.41, 5.74) is 6.88. The van der Waals surface area contributed by atoms with Gasteiger partial charge in [-0.2, -0.15) is 0 Å². The SMILES string of the molecule is COc1cc(OC)c(C(CN)NCC2CC2)c(OC)c1. The molecule has 1 atom stereocenters. The van der Waals surface area contributed by atoms with Gasteiger partial charge in [-0.05, 0) is 25.3 Å². The van der Waals surface area contributed by atoms with Gasteiger partial charge in [0.05, 0.1) is 32.9 Å². The van der Waals surface area contributed by atoms with Crippen molar-refractivity contribution in [1.29, 1.82) is 0 Å². The van der Waals surface area contributed by atoms with Gasteiger partial charge in [0.15, 0.2) is 0 Å². The maximum absolute atomic E-state index is 5.92. The molecule has 0 heterocycles. The van der Waals surface area contributed by atoms with Gasteiger partial charge in [-0.25, -0.2) is 0 Å². The molecule has 0 spiro atoms. The molecule has 2 rings (SSSR count). The third-order valence-corrected chi connectivity index (χ3v) is 3.69. The van der Waals surface area contributed by atoms with Gasteiger partial charge in [-0.1, -0.05) is 0 Å². The zero-order valence-corrected chi connectivity index (χ0v) is 12.4. The molecule has 112 valence electrons. The molecule has 20 heavy (non-hydrogen) atoms. The third-order valence-electron chi connectivity index (χ3n) is 3.69. The molecule has 1 aromatic rings. The van der Waals surface area contributed by atoms with Crippen LogP contribution in [0.25, 0.3) is 0 Å². The standard InChI is InChI=1S/C15H24N2O3/c1-18-11-6-13(19-2)15(14(7-11)20-3)12(8-16)17-9-10-4-5-10/h6-7,10,12,17H,4-5,8-9,16H2,1-3H3. The van der Waals surface area contributed by atoms with E-state index in [9.17, 15) is 0 Å². The second-order valence-corrected chi connectivity index (χ2v) is 5.09. The van der Waals surface area contributed by atoms with Crippen LogP contribution in [0.1, 0.15) is 24.4 Å². The van der Waals surface area contributed by atoms with Crippen LogP contribution in [-0.2, 0) is 0 Å². The lowest BCUT2D eigenvalue weighted by atomic mass is 10.0. The van der Waals surface area contributed by atoms with Gasteiger partial charge < -0.3 is 25.3 Å². The summed E-state index contributed by atoms with van der Waals surface area (Å²) in [6.45, 7) is 1.48. The van der Waals surface area contributed by atoms with Crippen molar-refractivity contribution in [2.24, 2.45) is 11.7 Å². The minimum Gasteiger partial charge on any atom is -0.496 e. The van der Waals surface area contributed by atoms with Gasteiger partial charge in [-0.3, -0.25) is 0 Å². The maximum atomic E-state index is 5.92. The first-order valence-electron chi connectivity index (χ1n) is 6.96. The normalized spacial score (nSPS) is 15.8. The minimum atomic E-state index is 0.0198. The molecule has 5 heteroatoms. The topological polar surface area (TPSA) is 65.7 Å². The summed E-state index contributed by atoms with van der Waals surface area (Å²) >= 11 is 0. The van der Waals surface area contributed by atoms with Crippen molar-refractivity contribution in [1.82, 2.24) is 5.32 Å². The molecule has 1 aromatic carbocycles. The van der Waals surface area contributed by atoms with E-state index in [-0.39, 0.29) is 6.04 Å². The van der Waals surface area contributed by atoms with E-state index < -0.39 is 0 Å². The maximum Gasteiger partial charge on any atom is 0.131 e. The summed E-state index contributed by atoms with van der Waals surface area (Å²) in [4.78, 5) is 0. The molecular weight excluding hydrogens is 256 g/mol. The highest BCUT2D eigenvalue weighted by atomic mass is 16.5. The Morgan fingerprint density at radius 1 is 1.15 bits per heavy atom. The zero-order chi connectivity index (χ0) is 14.5. The molecule has 0 aliphatic heterocycles. The lowest BCUT2D eigenvalue weighted by molar-refractivity contribution is 0.357. The molecule has 0 bridgehead atoms. The van der Waals surface area contributed by atoms with Crippen molar-refractivity contribution >= 4 is 0 Å². The molecule has 1 unspecified atom stereocenters. The van der Waals surface area contributed by atoms with E-state index in [1.54, 1.807) is 21.3 Å².